The van der Waals surface area contributed by atoms with E-state index in [9.17, 15) is 0 Å². The molecule has 0 aliphatic carbocycles. The highest BCUT2D eigenvalue weighted by Crippen LogP contribution is 2.32. The molecule has 5 heteroatoms. The van der Waals surface area contributed by atoms with E-state index in [1.165, 1.54) is 11.1 Å². The van der Waals surface area contributed by atoms with Gasteiger partial charge in [0.1, 0.15) is 5.82 Å². The summed E-state index contributed by atoms with van der Waals surface area (Å²) in [6.45, 7) is 2.55. The summed E-state index contributed by atoms with van der Waals surface area (Å²) in [5, 5.41) is 9.72. The average Bonchev–Trinajstić information content (AvgIpc) is 3.19. The van der Waals surface area contributed by atoms with Gasteiger partial charge in [0.15, 0.2) is 5.82 Å². The maximum atomic E-state index is 6.04. The molecule has 1 aromatic heterocycles. The van der Waals surface area contributed by atoms with E-state index in [0.717, 1.165) is 41.9 Å². The standard InChI is InChI=1S/C24H21ClN4/c25-21-13-11-20(12-14-21)24-27-26-22-17-28(15-16-29(22)24)23(18-7-3-1-4-8-18)19-9-5-2-6-10-19/h1-14,23H,15-17H2. The first-order valence-corrected chi connectivity index (χ1v) is 10.2. The van der Waals surface area contributed by atoms with Crippen LogP contribution in [-0.2, 0) is 13.1 Å². The highest BCUT2D eigenvalue weighted by atomic mass is 35.5. The Morgan fingerprint density at radius 1 is 0.724 bits per heavy atom. The van der Waals surface area contributed by atoms with Gasteiger partial charge in [0.2, 0.25) is 0 Å². The van der Waals surface area contributed by atoms with Crippen LogP contribution in [0, 0.1) is 0 Å². The van der Waals surface area contributed by atoms with Crippen molar-refractivity contribution in [2.75, 3.05) is 6.54 Å². The number of fused-ring (bicyclic) bond motifs is 1. The van der Waals surface area contributed by atoms with Gasteiger partial charge in [-0.3, -0.25) is 4.90 Å². The summed E-state index contributed by atoms with van der Waals surface area (Å²) in [6.07, 6.45) is 0. The Morgan fingerprint density at radius 3 is 1.97 bits per heavy atom. The number of rotatable bonds is 4. The Hall–Kier alpha value is -2.95. The molecule has 29 heavy (non-hydrogen) atoms. The Balaban J connectivity index is 1.48. The van der Waals surface area contributed by atoms with E-state index < -0.39 is 0 Å². The summed E-state index contributed by atoms with van der Waals surface area (Å²) in [5.74, 6) is 1.91. The molecule has 4 nitrogen and oxygen atoms in total. The molecule has 144 valence electrons. The molecule has 2 heterocycles. The van der Waals surface area contributed by atoms with Gasteiger partial charge in [-0.2, -0.15) is 0 Å². The normalized spacial score (nSPS) is 14.1. The summed E-state index contributed by atoms with van der Waals surface area (Å²) in [5.41, 5.74) is 3.64. The zero-order chi connectivity index (χ0) is 19.6. The molecule has 4 aromatic rings. The average molecular weight is 401 g/mol. The third kappa shape index (κ3) is 3.57. The van der Waals surface area contributed by atoms with Crippen molar-refractivity contribution >= 4 is 11.6 Å². The van der Waals surface area contributed by atoms with Gasteiger partial charge in [-0.1, -0.05) is 72.3 Å². The van der Waals surface area contributed by atoms with Crippen molar-refractivity contribution in [3.05, 3.63) is 107 Å². The highest BCUT2D eigenvalue weighted by Gasteiger charge is 2.28. The van der Waals surface area contributed by atoms with E-state index in [1.807, 2.05) is 24.3 Å². The highest BCUT2D eigenvalue weighted by molar-refractivity contribution is 6.30. The molecule has 0 fully saturated rings. The lowest BCUT2D eigenvalue weighted by molar-refractivity contribution is 0.176. The number of hydrogen-bond donors (Lipinski definition) is 0. The molecule has 3 aromatic carbocycles. The van der Waals surface area contributed by atoms with E-state index in [1.54, 1.807) is 0 Å². The molecule has 5 rings (SSSR count). The van der Waals surface area contributed by atoms with Crippen LogP contribution in [-0.4, -0.2) is 26.2 Å². The van der Waals surface area contributed by atoms with Gasteiger partial charge < -0.3 is 4.57 Å². The minimum Gasteiger partial charge on any atom is -0.309 e. The Labute approximate surface area is 175 Å². The second-order valence-corrected chi connectivity index (χ2v) is 7.73. The van der Waals surface area contributed by atoms with E-state index >= 15 is 0 Å². The van der Waals surface area contributed by atoms with Crippen LogP contribution in [0.4, 0.5) is 0 Å². The SMILES string of the molecule is Clc1ccc(-c2nnc3n2CCN(C(c2ccccc2)c2ccccc2)C3)cc1. The molecule has 0 bridgehead atoms. The lowest BCUT2D eigenvalue weighted by Crippen LogP contribution is -2.37. The van der Waals surface area contributed by atoms with Crippen LogP contribution < -0.4 is 0 Å². The largest absolute Gasteiger partial charge is 0.309 e. The fourth-order valence-corrected chi connectivity index (χ4v) is 4.22. The van der Waals surface area contributed by atoms with Crippen molar-refractivity contribution in [2.24, 2.45) is 0 Å². The maximum absolute atomic E-state index is 6.04. The molecule has 1 aliphatic heterocycles. The quantitative estimate of drug-likeness (QED) is 0.472. The van der Waals surface area contributed by atoms with E-state index in [4.69, 9.17) is 11.6 Å². The predicted molar refractivity (Wildman–Crippen MR) is 116 cm³/mol. The molecular formula is C24H21ClN4. The molecule has 0 saturated heterocycles. The predicted octanol–water partition coefficient (Wildman–Crippen LogP) is 5.20. The van der Waals surface area contributed by atoms with Crippen molar-refractivity contribution < 1.29 is 0 Å². The first kappa shape index (κ1) is 18.1. The zero-order valence-electron chi connectivity index (χ0n) is 15.9. The smallest absolute Gasteiger partial charge is 0.164 e. The topological polar surface area (TPSA) is 34.0 Å². The number of hydrogen-bond acceptors (Lipinski definition) is 3. The Kier molecular flexibility index (Phi) is 4.88. The fourth-order valence-electron chi connectivity index (χ4n) is 4.09. The molecule has 1 aliphatic rings. The minimum absolute atomic E-state index is 0.196. The molecule has 0 atom stereocenters. The van der Waals surface area contributed by atoms with Crippen LogP contribution in [0.1, 0.15) is 23.0 Å². The Bertz CT molecular complexity index is 1050. The van der Waals surface area contributed by atoms with Crippen LogP contribution in [0.25, 0.3) is 11.4 Å². The molecule has 0 unspecified atom stereocenters. The lowest BCUT2D eigenvalue weighted by atomic mass is 9.96. The summed E-state index contributed by atoms with van der Waals surface area (Å²) in [7, 11) is 0. The monoisotopic (exact) mass is 400 g/mol. The number of halogens is 1. The third-order valence-electron chi connectivity index (χ3n) is 5.48. The molecule has 0 radical (unpaired) electrons. The first-order chi connectivity index (χ1) is 14.3. The molecule has 0 saturated carbocycles. The number of aromatic nitrogens is 3. The first-order valence-electron chi connectivity index (χ1n) is 9.81. The summed E-state index contributed by atoms with van der Waals surface area (Å²) in [6, 6.07) is 29.4. The van der Waals surface area contributed by atoms with Gasteiger partial charge in [0.25, 0.3) is 0 Å². The van der Waals surface area contributed by atoms with Gasteiger partial charge >= 0.3 is 0 Å². The van der Waals surface area contributed by atoms with Gasteiger partial charge in [0.05, 0.1) is 12.6 Å². The van der Waals surface area contributed by atoms with Crippen molar-refractivity contribution in [3.8, 4) is 11.4 Å². The third-order valence-corrected chi connectivity index (χ3v) is 5.73. The minimum atomic E-state index is 0.196. The molecular weight excluding hydrogens is 380 g/mol. The Morgan fingerprint density at radius 2 is 1.34 bits per heavy atom. The second-order valence-electron chi connectivity index (χ2n) is 7.29. The fraction of sp³-hybridized carbons (Fsp3) is 0.167. The van der Waals surface area contributed by atoms with Gasteiger partial charge in [-0.25, -0.2) is 0 Å². The summed E-state index contributed by atoms with van der Waals surface area (Å²) in [4.78, 5) is 2.49. The van der Waals surface area contributed by atoms with Crippen LogP contribution >= 0.6 is 11.6 Å². The van der Waals surface area contributed by atoms with E-state index in [0.29, 0.717) is 0 Å². The second kappa shape index (κ2) is 7.82. The van der Waals surface area contributed by atoms with Crippen LogP contribution in [0.15, 0.2) is 84.9 Å². The van der Waals surface area contributed by atoms with Crippen molar-refractivity contribution in [1.82, 2.24) is 19.7 Å². The lowest BCUT2D eigenvalue weighted by Gasteiger charge is -2.35. The maximum Gasteiger partial charge on any atom is 0.164 e. The molecule has 0 amide bonds. The van der Waals surface area contributed by atoms with Crippen molar-refractivity contribution in [1.29, 1.82) is 0 Å². The van der Waals surface area contributed by atoms with Gasteiger partial charge in [-0.05, 0) is 35.4 Å². The van der Waals surface area contributed by atoms with Crippen LogP contribution in [0.5, 0.6) is 0 Å². The van der Waals surface area contributed by atoms with Crippen LogP contribution in [0.3, 0.4) is 0 Å². The van der Waals surface area contributed by atoms with Gasteiger partial charge in [-0.15, -0.1) is 10.2 Å². The van der Waals surface area contributed by atoms with Crippen molar-refractivity contribution in [3.63, 3.8) is 0 Å². The number of nitrogens with zero attached hydrogens (tertiary/aromatic N) is 4. The zero-order valence-corrected chi connectivity index (χ0v) is 16.7. The van der Waals surface area contributed by atoms with E-state index in [2.05, 4.69) is 80.3 Å². The molecule has 0 spiro atoms. The summed E-state index contributed by atoms with van der Waals surface area (Å²) >= 11 is 6.04. The van der Waals surface area contributed by atoms with Crippen LogP contribution in [0.2, 0.25) is 5.02 Å². The van der Waals surface area contributed by atoms with Crippen molar-refractivity contribution in [2.45, 2.75) is 19.1 Å². The summed E-state index contributed by atoms with van der Waals surface area (Å²) < 4.78 is 2.23. The molecule has 0 N–H and O–H groups in total. The van der Waals surface area contributed by atoms with E-state index in [-0.39, 0.29) is 6.04 Å². The number of benzene rings is 3. The van der Waals surface area contributed by atoms with Gasteiger partial charge in [0, 0.05) is 23.7 Å².